The van der Waals surface area contributed by atoms with Crippen molar-refractivity contribution in [2.24, 2.45) is 5.92 Å². The van der Waals surface area contributed by atoms with Gasteiger partial charge in [-0.3, -0.25) is 0 Å². The lowest BCUT2D eigenvalue weighted by molar-refractivity contribution is -0.139. The first kappa shape index (κ1) is 15.0. The van der Waals surface area contributed by atoms with Crippen LogP contribution in [-0.4, -0.2) is 29.8 Å². The Hall–Kier alpha value is -2.38. The summed E-state index contributed by atoms with van der Waals surface area (Å²) in [6.07, 6.45) is 1.55. The Morgan fingerprint density at radius 2 is 1.86 bits per heavy atom. The van der Waals surface area contributed by atoms with Crippen molar-refractivity contribution < 1.29 is 28.2 Å². The van der Waals surface area contributed by atoms with Crippen LogP contribution in [0.4, 0.5) is 19.3 Å². The topological polar surface area (TPSA) is 87.7 Å². The first-order valence-corrected chi connectivity index (χ1v) is 6.31. The third kappa shape index (κ3) is 4.59. The molecule has 1 saturated carbocycles. The molecule has 0 aromatic heterocycles. The highest BCUT2D eigenvalue weighted by atomic mass is 19.3. The molecule has 2 rings (SSSR count). The Balaban J connectivity index is 1.88. The van der Waals surface area contributed by atoms with Crippen LogP contribution in [0.25, 0.3) is 0 Å². The number of hydrogen-bond donors (Lipinski definition) is 3. The molecule has 1 unspecified atom stereocenters. The summed E-state index contributed by atoms with van der Waals surface area (Å²) < 4.78 is 28.1. The number of hydrogen-bond acceptors (Lipinski definition) is 3. The van der Waals surface area contributed by atoms with Gasteiger partial charge >= 0.3 is 18.6 Å². The molecular formula is C13H14F2N2O4. The van der Waals surface area contributed by atoms with Gasteiger partial charge in [-0.15, -0.1) is 0 Å². The van der Waals surface area contributed by atoms with Gasteiger partial charge in [0.05, 0.1) is 0 Å². The van der Waals surface area contributed by atoms with Crippen molar-refractivity contribution in [3.63, 3.8) is 0 Å². The van der Waals surface area contributed by atoms with Crippen LogP contribution in [0.2, 0.25) is 0 Å². The summed E-state index contributed by atoms with van der Waals surface area (Å²) in [6, 6.07) is 3.74. The second-order valence-corrected chi connectivity index (χ2v) is 4.65. The third-order valence-corrected chi connectivity index (χ3v) is 2.98. The summed E-state index contributed by atoms with van der Waals surface area (Å²) in [5.74, 6) is -1.14. The second kappa shape index (κ2) is 6.38. The molecule has 0 saturated heterocycles. The van der Waals surface area contributed by atoms with Crippen molar-refractivity contribution in [3.05, 3.63) is 24.3 Å². The monoisotopic (exact) mass is 300 g/mol. The first-order chi connectivity index (χ1) is 9.95. The fourth-order valence-corrected chi connectivity index (χ4v) is 1.84. The van der Waals surface area contributed by atoms with Crippen LogP contribution in [0, 0.1) is 5.92 Å². The summed E-state index contributed by atoms with van der Waals surface area (Å²) in [6.45, 7) is -2.91. The van der Waals surface area contributed by atoms with E-state index in [-0.39, 0.29) is 11.7 Å². The van der Waals surface area contributed by atoms with Crippen LogP contribution in [0.1, 0.15) is 12.8 Å². The van der Waals surface area contributed by atoms with Crippen LogP contribution in [0.15, 0.2) is 24.3 Å². The van der Waals surface area contributed by atoms with Crippen LogP contribution in [0.3, 0.4) is 0 Å². The van der Waals surface area contributed by atoms with Gasteiger partial charge in [-0.05, 0) is 43.0 Å². The lowest BCUT2D eigenvalue weighted by Crippen LogP contribution is -2.44. The van der Waals surface area contributed by atoms with E-state index in [9.17, 15) is 18.4 Å². The molecule has 21 heavy (non-hydrogen) atoms. The van der Waals surface area contributed by atoms with Gasteiger partial charge in [0, 0.05) is 5.69 Å². The standard InChI is InChI=1S/C13H14F2N2O4/c14-12(15)21-9-5-3-8(4-6-9)16-13(20)17-10(11(18)19)7-1-2-7/h3-7,10,12H,1-2H2,(H,18,19)(H2,16,17,20). The van der Waals surface area contributed by atoms with Crippen molar-refractivity contribution in [1.29, 1.82) is 0 Å². The number of rotatable bonds is 6. The number of alkyl halides is 2. The van der Waals surface area contributed by atoms with Gasteiger partial charge in [-0.25, -0.2) is 9.59 Å². The van der Waals surface area contributed by atoms with Crippen LogP contribution in [-0.2, 0) is 4.79 Å². The molecule has 1 fully saturated rings. The minimum Gasteiger partial charge on any atom is -0.480 e. The fraction of sp³-hybridized carbons (Fsp3) is 0.385. The number of halogens is 2. The van der Waals surface area contributed by atoms with E-state index in [0.717, 1.165) is 12.8 Å². The van der Waals surface area contributed by atoms with Gasteiger partial charge in [0.15, 0.2) is 0 Å². The van der Waals surface area contributed by atoms with E-state index in [4.69, 9.17) is 5.11 Å². The Kier molecular flexibility index (Phi) is 4.56. The summed E-state index contributed by atoms with van der Waals surface area (Å²) in [5, 5.41) is 13.8. The van der Waals surface area contributed by atoms with E-state index in [1.165, 1.54) is 24.3 Å². The molecule has 3 N–H and O–H groups in total. The summed E-state index contributed by atoms with van der Waals surface area (Å²) in [5.41, 5.74) is 0.342. The quantitative estimate of drug-likeness (QED) is 0.752. The maximum absolute atomic E-state index is 12.0. The average molecular weight is 300 g/mol. The van der Waals surface area contributed by atoms with E-state index < -0.39 is 24.7 Å². The molecule has 1 aliphatic carbocycles. The largest absolute Gasteiger partial charge is 0.480 e. The zero-order chi connectivity index (χ0) is 15.4. The Bertz CT molecular complexity index is 517. The SMILES string of the molecule is O=C(Nc1ccc(OC(F)F)cc1)NC(C(=O)O)C1CC1. The van der Waals surface area contributed by atoms with Gasteiger partial charge in [-0.2, -0.15) is 8.78 Å². The van der Waals surface area contributed by atoms with Gasteiger partial charge in [0.25, 0.3) is 0 Å². The number of carbonyl (C=O) groups is 2. The molecule has 0 aliphatic heterocycles. The lowest BCUT2D eigenvalue weighted by Gasteiger charge is -2.14. The van der Waals surface area contributed by atoms with Crippen molar-refractivity contribution in [1.82, 2.24) is 5.32 Å². The predicted molar refractivity (Wildman–Crippen MR) is 69.4 cm³/mol. The molecule has 1 atom stereocenters. The first-order valence-electron chi connectivity index (χ1n) is 6.31. The Morgan fingerprint density at radius 3 is 2.33 bits per heavy atom. The predicted octanol–water partition coefficient (Wildman–Crippen LogP) is 2.27. The van der Waals surface area contributed by atoms with Crippen molar-refractivity contribution in [2.45, 2.75) is 25.5 Å². The summed E-state index contributed by atoms with van der Waals surface area (Å²) in [7, 11) is 0. The molecule has 1 aliphatic rings. The number of amides is 2. The zero-order valence-electron chi connectivity index (χ0n) is 10.9. The number of carboxylic acid groups (broad SMARTS) is 1. The van der Waals surface area contributed by atoms with E-state index in [2.05, 4.69) is 15.4 Å². The minimum absolute atomic E-state index is 0.0302. The number of benzene rings is 1. The van der Waals surface area contributed by atoms with Gasteiger partial charge < -0.3 is 20.5 Å². The van der Waals surface area contributed by atoms with Crippen LogP contribution in [0.5, 0.6) is 5.75 Å². The molecule has 2 amide bonds. The highest BCUT2D eigenvalue weighted by Crippen LogP contribution is 2.32. The molecule has 1 aromatic rings. The summed E-state index contributed by atoms with van der Waals surface area (Å²) >= 11 is 0. The minimum atomic E-state index is -2.91. The number of carboxylic acids is 1. The fourth-order valence-electron chi connectivity index (χ4n) is 1.84. The van der Waals surface area contributed by atoms with Gasteiger partial charge in [-0.1, -0.05) is 0 Å². The molecule has 0 radical (unpaired) electrons. The normalized spacial score (nSPS) is 15.4. The number of aliphatic carboxylic acids is 1. The summed E-state index contributed by atoms with van der Waals surface area (Å²) in [4.78, 5) is 22.7. The third-order valence-electron chi connectivity index (χ3n) is 2.98. The average Bonchev–Trinajstić information content (AvgIpc) is 3.21. The number of anilines is 1. The molecular weight excluding hydrogens is 286 g/mol. The number of nitrogens with one attached hydrogen (secondary N) is 2. The molecule has 0 spiro atoms. The molecule has 1 aromatic carbocycles. The van der Waals surface area contributed by atoms with Crippen molar-refractivity contribution in [2.75, 3.05) is 5.32 Å². The Labute approximate surface area is 119 Å². The Morgan fingerprint density at radius 1 is 1.24 bits per heavy atom. The van der Waals surface area contributed by atoms with Crippen LogP contribution < -0.4 is 15.4 Å². The zero-order valence-corrected chi connectivity index (χ0v) is 10.9. The molecule has 8 heteroatoms. The van der Waals surface area contributed by atoms with Crippen molar-refractivity contribution in [3.8, 4) is 5.75 Å². The maximum atomic E-state index is 12.0. The van der Waals surface area contributed by atoms with Crippen molar-refractivity contribution >= 4 is 17.7 Å². The lowest BCUT2D eigenvalue weighted by atomic mass is 10.2. The molecule has 0 bridgehead atoms. The molecule has 0 heterocycles. The van der Waals surface area contributed by atoms with E-state index in [1.807, 2.05) is 0 Å². The van der Waals surface area contributed by atoms with E-state index in [1.54, 1.807) is 0 Å². The number of ether oxygens (including phenoxy) is 1. The van der Waals surface area contributed by atoms with E-state index >= 15 is 0 Å². The molecule has 114 valence electrons. The maximum Gasteiger partial charge on any atom is 0.387 e. The van der Waals surface area contributed by atoms with Crippen LogP contribution >= 0.6 is 0 Å². The number of urea groups is 1. The highest BCUT2D eigenvalue weighted by Gasteiger charge is 2.37. The second-order valence-electron chi connectivity index (χ2n) is 4.65. The van der Waals surface area contributed by atoms with E-state index in [0.29, 0.717) is 5.69 Å². The molecule has 6 nitrogen and oxygen atoms in total. The highest BCUT2D eigenvalue weighted by molar-refractivity contribution is 5.92. The number of carbonyl (C=O) groups excluding carboxylic acids is 1. The van der Waals surface area contributed by atoms with Gasteiger partial charge in [0.2, 0.25) is 0 Å². The smallest absolute Gasteiger partial charge is 0.387 e. The van der Waals surface area contributed by atoms with Gasteiger partial charge in [0.1, 0.15) is 11.8 Å².